The molecule has 2 nitrogen and oxygen atoms in total. The Labute approximate surface area is 108 Å². The molecule has 1 atom stereocenters. The fourth-order valence-corrected chi connectivity index (χ4v) is 3.32. The first-order chi connectivity index (χ1) is 8.40. The van der Waals surface area contributed by atoms with E-state index in [1.165, 1.54) is 56.7 Å². The smallest absolute Gasteiger partial charge is 0.00683 e. The lowest BCUT2D eigenvalue weighted by molar-refractivity contribution is 0.326. The highest BCUT2D eigenvalue weighted by atomic mass is 32.1. The van der Waals surface area contributed by atoms with E-state index < -0.39 is 0 Å². The molecule has 1 N–H and O–H groups in total. The minimum Gasteiger partial charge on any atom is -0.314 e. The lowest BCUT2D eigenvalue weighted by atomic mass is 10.1. The van der Waals surface area contributed by atoms with E-state index in [9.17, 15) is 0 Å². The second kappa shape index (κ2) is 5.51. The van der Waals surface area contributed by atoms with Gasteiger partial charge in [-0.15, -0.1) is 11.3 Å². The molecule has 1 unspecified atom stereocenters. The summed E-state index contributed by atoms with van der Waals surface area (Å²) in [5.41, 5.74) is 0. The largest absolute Gasteiger partial charge is 0.314 e. The van der Waals surface area contributed by atoms with Crippen LogP contribution in [0.4, 0.5) is 0 Å². The molecule has 0 amide bonds. The Kier molecular flexibility index (Phi) is 3.79. The molecule has 1 saturated carbocycles. The molecular weight excluding hydrogens is 228 g/mol. The fraction of sp³-hybridized carbons (Fsp3) is 0.714. The summed E-state index contributed by atoms with van der Waals surface area (Å²) in [4.78, 5) is 4.17. The fourth-order valence-electron chi connectivity index (χ4n) is 2.63. The van der Waals surface area contributed by atoms with Crippen LogP contribution >= 0.6 is 11.3 Å². The van der Waals surface area contributed by atoms with E-state index in [0.717, 1.165) is 12.0 Å². The summed E-state index contributed by atoms with van der Waals surface area (Å²) in [5, 5.41) is 5.85. The molecule has 0 aromatic carbocycles. The molecule has 0 bridgehead atoms. The van der Waals surface area contributed by atoms with Gasteiger partial charge in [0, 0.05) is 24.0 Å². The second-order valence-electron chi connectivity index (χ2n) is 5.47. The first-order valence-corrected chi connectivity index (χ1v) is 7.76. The Morgan fingerprint density at radius 2 is 2.29 bits per heavy atom. The zero-order valence-corrected chi connectivity index (χ0v) is 11.2. The Balaban J connectivity index is 1.35. The molecule has 2 heterocycles. The van der Waals surface area contributed by atoms with Gasteiger partial charge in [-0.05, 0) is 56.1 Å². The van der Waals surface area contributed by atoms with Gasteiger partial charge < -0.3 is 10.2 Å². The number of thiophene rings is 1. The van der Waals surface area contributed by atoms with Crippen LogP contribution in [0.3, 0.4) is 0 Å². The molecule has 1 aromatic heterocycles. The summed E-state index contributed by atoms with van der Waals surface area (Å²) in [7, 11) is 0. The van der Waals surface area contributed by atoms with Gasteiger partial charge in [0.15, 0.2) is 0 Å². The molecule has 3 heteroatoms. The van der Waals surface area contributed by atoms with Gasteiger partial charge in [-0.3, -0.25) is 0 Å². The van der Waals surface area contributed by atoms with Crippen molar-refractivity contribution in [3.8, 4) is 0 Å². The Bertz CT molecular complexity index is 332. The van der Waals surface area contributed by atoms with E-state index >= 15 is 0 Å². The third-order valence-electron chi connectivity index (χ3n) is 3.90. The van der Waals surface area contributed by atoms with Crippen LogP contribution in [0.2, 0.25) is 0 Å². The minimum absolute atomic E-state index is 0.871. The van der Waals surface area contributed by atoms with Crippen molar-refractivity contribution < 1.29 is 0 Å². The quantitative estimate of drug-likeness (QED) is 0.834. The monoisotopic (exact) mass is 250 g/mol. The van der Waals surface area contributed by atoms with Gasteiger partial charge in [0.25, 0.3) is 0 Å². The lowest BCUT2D eigenvalue weighted by Gasteiger charge is -2.15. The highest BCUT2D eigenvalue weighted by Gasteiger charge is 2.25. The Morgan fingerprint density at radius 1 is 1.35 bits per heavy atom. The standard InChI is InChI=1S/C14H22N2S/c1-2-14(17-9-1)6-8-16-7-5-12(11-16)10-15-13-3-4-13/h1-2,9,12-13,15H,3-8,10-11H2. The maximum atomic E-state index is 3.66. The van der Waals surface area contributed by atoms with Crippen LogP contribution in [0.25, 0.3) is 0 Å². The summed E-state index contributed by atoms with van der Waals surface area (Å²) in [5.74, 6) is 0.902. The van der Waals surface area contributed by atoms with Gasteiger partial charge in [-0.2, -0.15) is 0 Å². The summed E-state index contributed by atoms with van der Waals surface area (Å²) in [6, 6.07) is 5.29. The van der Waals surface area contributed by atoms with E-state index in [4.69, 9.17) is 0 Å². The lowest BCUT2D eigenvalue weighted by Crippen LogP contribution is -2.28. The van der Waals surface area contributed by atoms with Gasteiger partial charge in [0.05, 0.1) is 0 Å². The topological polar surface area (TPSA) is 15.3 Å². The molecule has 0 radical (unpaired) electrons. The van der Waals surface area contributed by atoms with E-state index in [2.05, 4.69) is 27.7 Å². The molecular formula is C14H22N2S. The normalized spacial score (nSPS) is 25.5. The van der Waals surface area contributed by atoms with Crippen LogP contribution in [0, 0.1) is 5.92 Å². The Morgan fingerprint density at radius 3 is 3.06 bits per heavy atom. The van der Waals surface area contributed by atoms with Crippen molar-refractivity contribution in [2.24, 2.45) is 5.92 Å². The molecule has 1 aromatic rings. The first kappa shape index (κ1) is 11.7. The Hall–Kier alpha value is -0.380. The van der Waals surface area contributed by atoms with Crippen molar-refractivity contribution in [2.45, 2.75) is 31.7 Å². The number of rotatable bonds is 6. The van der Waals surface area contributed by atoms with E-state index in [1.807, 2.05) is 11.3 Å². The number of nitrogens with one attached hydrogen (secondary N) is 1. The van der Waals surface area contributed by atoms with Crippen LogP contribution < -0.4 is 5.32 Å². The maximum Gasteiger partial charge on any atom is 0.00683 e. The van der Waals surface area contributed by atoms with Crippen molar-refractivity contribution in [2.75, 3.05) is 26.2 Å². The predicted molar refractivity (Wildman–Crippen MR) is 73.6 cm³/mol. The number of hydrogen-bond donors (Lipinski definition) is 1. The molecule has 17 heavy (non-hydrogen) atoms. The minimum atomic E-state index is 0.871. The van der Waals surface area contributed by atoms with Crippen LogP contribution in [0.1, 0.15) is 24.1 Å². The van der Waals surface area contributed by atoms with Crippen molar-refractivity contribution in [3.63, 3.8) is 0 Å². The van der Waals surface area contributed by atoms with Crippen molar-refractivity contribution >= 4 is 11.3 Å². The predicted octanol–water partition coefficient (Wildman–Crippen LogP) is 2.36. The van der Waals surface area contributed by atoms with Crippen LogP contribution in [0.5, 0.6) is 0 Å². The average molecular weight is 250 g/mol. The van der Waals surface area contributed by atoms with Gasteiger partial charge in [0.2, 0.25) is 0 Å². The SMILES string of the molecule is c1csc(CCN2CCC(CNC3CC3)C2)c1. The van der Waals surface area contributed by atoms with Gasteiger partial charge in [-0.1, -0.05) is 6.07 Å². The number of nitrogens with zero attached hydrogens (tertiary/aromatic N) is 1. The van der Waals surface area contributed by atoms with Gasteiger partial charge >= 0.3 is 0 Å². The molecule has 2 fully saturated rings. The van der Waals surface area contributed by atoms with E-state index in [0.29, 0.717) is 0 Å². The zero-order chi connectivity index (χ0) is 11.5. The number of likely N-dealkylation sites (tertiary alicyclic amines) is 1. The van der Waals surface area contributed by atoms with E-state index in [1.54, 1.807) is 0 Å². The van der Waals surface area contributed by atoms with Crippen LogP contribution in [-0.4, -0.2) is 37.1 Å². The molecule has 0 spiro atoms. The van der Waals surface area contributed by atoms with E-state index in [-0.39, 0.29) is 0 Å². The van der Waals surface area contributed by atoms with Crippen molar-refractivity contribution in [1.29, 1.82) is 0 Å². The van der Waals surface area contributed by atoms with Crippen molar-refractivity contribution in [1.82, 2.24) is 10.2 Å². The average Bonchev–Trinajstić information content (AvgIpc) is 2.86. The molecule has 94 valence electrons. The first-order valence-electron chi connectivity index (χ1n) is 6.88. The highest BCUT2D eigenvalue weighted by molar-refractivity contribution is 7.09. The third kappa shape index (κ3) is 3.54. The van der Waals surface area contributed by atoms with Crippen molar-refractivity contribution in [3.05, 3.63) is 22.4 Å². The molecule has 2 aliphatic rings. The van der Waals surface area contributed by atoms with Gasteiger partial charge in [0.1, 0.15) is 0 Å². The molecule has 1 aliphatic heterocycles. The second-order valence-corrected chi connectivity index (χ2v) is 6.50. The molecule has 3 rings (SSSR count). The van der Waals surface area contributed by atoms with Crippen LogP contribution in [0.15, 0.2) is 17.5 Å². The summed E-state index contributed by atoms with van der Waals surface area (Å²) >= 11 is 1.89. The molecule has 1 saturated heterocycles. The molecule has 1 aliphatic carbocycles. The highest BCUT2D eigenvalue weighted by Crippen LogP contribution is 2.21. The summed E-state index contributed by atoms with van der Waals surface area (Å²) in [6.45, 7) is 5.12. The zero-order valence-electron chi connectivity index (χ0n) is 10.4. The van der Waals surface area contributed by atoms with Crippen LogP contribution in [-0.2, 0) is 6.42 Å². The number of hydrogen-bond acceptors (Lipinski definition) is 3. The third-order valence-corrected chi connectivity index (χ3v) is 4.83. The summed E-state index contributed by atoms with van der Waals surface area (Å²) in [6.07, 6.45) is 5.45. The maximum absolute atomic E-state index is 3.66. The summed E-state index contributed by atoms with van der Waals surface area (Å²) < 4.78 is 0. The van der Waals surface area contributed by atoms with Gasteiger partial charge in [-0.25, -0.2) is 0 Å².